The number of nitrogens with zero attached hydrogens (tertiary/aromatic N) is 2. The first-order valence-electron chi connectivity index (χ1n) is 5.36. The van der Waals surface area contributed by atoms with Gasteiger partial charge in [-0.3, -0.25) is 0 Å². The summed E-state index contributed by atoms with van der Waals surface area (Å²) < 4.78 is 5.32. The molecule has 0 aliphatic heterocycles. The first-order valence-corrected chi connectivity index (χ1v) is 5.36. The Morgan fingerprint density at radius 2 is 1.82 bits per heavy atom. The molecule has 0 saturated carbocycles. The van der Waals surface area contributed by atoms with Crippen molar-refractivity contribution in [2.24, 2.45) is 0 Å². The maximum atomic E-state index is 5.65. The van der Waals surface area contributed by atoms with Gasteiger partial charge in [0.1, 0.15) is 11.6 Å². The van der Waals surface area contributed by atoms with Gasteiger partial charge in [-0.1, -0.05) is 0 Å². The van der Waals surface area contributed by atoms with Crippen molar-refractivity contribution in [3.63, 3.8) is 0 Å². The Morgan fingerprint density at radius 3 is 2.35 bits per heavy atom. The summed E-state index contributed by atoms with van der Waals surface area (Å²) in [5, 5.41) is 0. The van der Waals surface area contributed by atoms with Crippen LogP contribution in [-0.2, 0) is 0 Å². The minimum atomic E-state index is 0.473. The predicted octanol–water partition coefficient (Wildman–Crippen LogP) is 2.35. The van der Waals surface area contributed by atoms with E-state index in [1.54, 1.807) is 19.4 Å². The van der Waals surface area contributed by atoms with Crippen LogP contribution in [0.4, 0.5) is 5.82 Å². The number of ether oxygens (including phenoxy) is 1. The van der Waals surface area contributed by atoms with E-state index in [4.69, 9.17) is 10.5 Å². The average Bonchev–Trinajstić information content (AvgIpc) is 2.28. The maximum Gasteiger partial charge on any atom is 0.161 e. The van der Waals surface area contributed by atoms with Crippen molar-refractivity contribution in [1.82, 2.24) is 9.97 Å². The SMILES string of the molecule is COc1c(C)cc(-c2nccc(N)n2)cc1C. The van der Waals surface area contributed by atoms with Crippen LogP contribution in [0.2, 0.25) is 0 Å². The third-order valence-electron chi connectivity index (χ3n) is 2.60. The number of hydrogen-bond donors (Lipinski definition) is 1. The van der Waals surface area contributed by atoms with E-state index in [1.165, 1.54) is 0 Å². The molecule has 17 heavy (non-hydrogen) atoms. The number of methoxy groups -OCH3 is 1. The zero-order valence-corrected chi connectivity index (χ0v) is 10.2. The molecule has 0 saturated heterocycles. The number of anilines is 1. The quantitative estimate of drug-likeness (QED) is 0.858. The van der Waals surface area contributed by atoms with E-state index in [1.807, 2.05) is 26.0 Å². The molecule has 0 unspecified atom stereocenters. The van der Waals surface area contributed by atoms with Crippen LogP contribution in [0.25, 0.3) is 11.4 Å². The van der Waals surface area contributed by atoms with Crippen molar-refractivity contribution in [2.75, 3.05) is 12.8 Å². The third-order valence-corrected chi connectivity index (χ3v) is 2.60. The van der Waals surface area contributed by atoms with Gasteiger partial charge in [-0.2, -0.15) is 0 Å². The van der Waals surface area contributed by atoms with Crippen molar-refractivity contribution in [3.8, 4) is 17.1 Å². The third kappa shape index (κ3) is 2.20. The molecule has 0 atom stereocenters. The lowest BCUT2D eigenvalue weighted by molar-refractivity contribution is 0.408. The minimum Gasteiger partial charge on any atom is -0.496 e. The van der Waals surface area contributed by atoms with Gasteiger partial charge in [0.25, 0.3) is 0 Å². The van der Waals surface area contributed by atoms with Crippen molar-refractivity contribution in [3.05, 3.63) is 35.5 Å². The Balaban J connectivity index is 2.54. The van der Waals surface area contributed by atoms with Crippen molar-refractivity contribution < 1.29 is 4.74 Å². The summed E-state index contributed by atoms with van der Waals surface area (Å²) in [6, 6.07) is 5.67. The largest absolute Gasteiger partial charge is 0.496 e. The average molecular weight is 229 g/mol. The van der Waals surface area contributed by atoms with Crippen molar-refractivity contribution >= 4 is 5.82 Å². The first kappa shape index (κ1) is 11.4. The van der Waals surface area contributed by atoms with E-state index in [2.05, 4.69) is 9.97 Å². The maximum absolute atomic E-state index is 5.65. The number of benzene rings is 1. The Hall–Kier alpha value is -2.10. The second kappa shape index (κ2) is 4.41. The highest BCUT2D eigenvalue weighted by Gasteiger charge is 2.08. The normalized spacial score (nSPS) is 10.3. The molecule has 2 rings (SSSR count). The molecule has 0 aliphatic carbocycles. The zero-order chi connectivity index (χ0) is 12.4. The van der Waals surface area contributed by atoms with Gasteiger partial charge < -0.3 is 10.5 Å². The molecule has 2 N–H and O–H groups in total. The van der Waals surface area contributed by atoms with Crippen LogP contribution in [-0.4, -0.2) is 17.1 Å². The van der Waals surface area contributed by atoms with Gasteiger partial charge in [0, 0.05) is 11.8 Å². The van der Waals surface area contributed by atoms with Crippen LogP contribution in [0.5, 0.6) is 5.75 Å². The standard InChI is InChI=1S/C13H15N3O/c1-8-6-10(7-9(2)12(8)17-3)13-15-5-4-11(14)16-13/h4-7H,1-3H3,(H2,14,15,16). The van der Waals surface area contributed by atoms with E-state index < -0.39 is 0 Å². The van der Waals surface area contributed by atoms with Crippen molar-refractivity contribution in [1.29, 1.82) is 0 Å². The fourth-order valence-electron chi connectivity index (χ4n) is 1.91. The van der Waals surface area contributed by atoms with Gasteiger partial charge in [0.15, 0.2) is 5.82 Å². The molecule has 4 nitrogen and oxygen atoms in total. The van der Waals surface area contributed by atoms with Gasteiger partial charge in [-0.25, -0.2) is 9.97 Å². The molecule has 0 aliphatic rings. The molecule has 0 spiro atoms. The summed E-state index contributed by atoms with van der Waals surface area (Å²) in [7, 11) is 1.67. The van der Waals surface area contributed by atoms with Gasteiger partial charge in [-0.15, -0.1) is 0 Å². The molecule has 1 aromatic heterocycles. The summed E-state index contributed by atoms with van der Waals surface area (Å²) in [5.74, 6) is 2.01. The Morgan fingerprint density at radius 1 is 1.18 bits per heavy atom. The minimum absolute atomic E-state index is 0.473. The number of aryl methyl sites for hydroxylation is 2. The highest BCUT2D eigenvalue weighted by Crippen LogP contribution is 2.28. The van der Waals surface area contributed by atoms with Crippen molar-refractivity contribution in [2.45, 2.75) is 13.8 Å². The fourth-order valence-corrected chi connectivity index (χ4v) is 1.91. The van der Waals surface area contributed by atoms with E-state index in [9.17, 15) is 0 Å². The number of nitrogen functional groups attached to an aromatic ring is 1. The summed E-state index contributed by atoms with van der Waals surface area (Å²) in [6.45, 7) is 4.00. The van der Waals surface area contributed by atoms with Gasteiger partial charge in [0.2, 0.25) is 0 Å². The monoisotopic (exact) mass is 229 g/mol. The zero-order valence-electron chi connectivity index (χ0n) is 10.2. The predicted molar refractivity (Wildman–Crippen MR) is 67.9 cm³/mol. The molecular formula is C13H15N3O. The molecule has 88 valence electrons. The molecule has 0 fully saturated rings. The lowest BCUT2D eigenvalue weighted by atomic mass is 10.1. The van der Waals surface area contributed by atoms with E-state index >= 15 is 0 Å². The van der Waals surface area contributed by atoms with Crippen LogP contribution in [0.15, 0.2) is 24.4 Å². The molecule has 1 heterocycles. The van der Waals surface area contributed by atoms with Crippen LogP contribution >= 0.6 is 0 Å². The molecule has 0 radical (unpaired) electrons. The van der Waals surface area contributed by atoms with Crippen LogP contribution in [0, 0.1) is 13.8 Å². The molecule has 2 aromatic rings. The summed E-state index contributed by atoms with van der Waals surface area (Å²) in [5.41, 5.74) is 8.73. The van der Waals surface area contributed by atoms with Gasteiger partial charge in [0.05, 0.1) is 7.11 Å². The number of aromatic nitrogens is 2. The first-order chi connectivity index (χ1) is 8.11. The highest BCUT2D eigenvalue weighted by atomic mass is 16.5. The number of nitrogens with two attached hydrogens (primary N) is 1. The van der Waals surface area contributed by atoms with Crippen LogP contribution in [0.3, 0.4) is 0 Å². The number of hydrogen-bond acceptors (Lipinski definition) is 4. The second-order valence-electron chi connectivity index (χ2n) is 3.95. The van der Waals surface area contributed by atoms with E-state index in [-0.39, 0.29) is 0 Å². The molecule has 4 heteroatoms. The second-order valence-corrected chi connectivity index (χ2v) is 3.95. The molecule has 1 aromatic carbocycles. The van der Waals surface area contributed by atoms with E-state index in [0.29, 0.717) is 11.6 Å². The Labute approximate surface area is 100 Å². The molecule has 0 amide bonds. The molecule has 0 bridgehead atoms. The molecular weight excluding hydrogens is 214 g/mol. The van der Waals surface area contributed by atoms with Crippen LogP contribution < -0.4 is 10.5 Å². The summed E-state index contributed by atoms with van der Waals surface area (Å²) in [4.78, 5) is 8.42. The highest BCUT2D eigenvalue weighted by molar-refractivity contribution is 5.62. The lowest BCUT2D eigenvalue weighted by Gasteiger charge is -2.10. The topological polar surface area (TPSA) is 61.0 Å². The Kier molecular flexibility index (Phi) is 2.95. The number of rotatable bonds is 2. The lowest BCUT2D eigenvalue weighted by Crippen LogP contribution is -1.97. The smallest absolute Gasteiger partial charge is 0.161 e. The summed E-state index contributed by atoms with van der Waals surface area (Å²) >= 11 is 0. The fraction of sp³-hybridized carbons (Fsp3) is 0.231. The van der Waals surface area contributed by atoms with Crippen LogP contribution in [0.1, 0.15) is 11.1 Å². The Bertz CT molecular complexity index is 529. The van der Waals surface area contributed by atoms with E-state index in [0.717, 1.165) is 22.4 Å². The van der Waals surface area contributed by atoms with Gasteiger partial charge in [-0.05, 0) is 43.2 Å². The summed E-state index contributed by atoms with van der Waals surface area (Å²) in [6.07, 6.45) is 1.66. The van der Waals surface area contributed by atoms with Gasteiger partial charge >= 0.3 is 0 Å².